The Labute approximate surface area is 132 Å². The number of methoxy groups -OCH3 is 1. The van der Waals surface area contributed by atoms with Gasteiger partial charge in [-0.2, -0.15) is 0 Å². The number of aromatic nitrogens is 1. The molecular formula is C18H23N3O. The number of hydrogen-bond donors (Lipinski definition) is 1. The minimum Gasteiger partial charge on any atom is -0.497 e. The number of ether oxygens (including phenoxy) is 1. The lowest BCUT2D eigenvalue weighted by Gasteiger charge is -2.33. The van der Waals surface area contributed by atoms with E-state index in [9.17, 15) is 0 Å². The van der Waals surface area contributed by atoms with Gasteiger partial charge in [-0.3, -0.25) is 0 Å². The summed E-state index contributed by atoms with van der Waals surface area (Å²) in [6, 6.07) is 14.9. The maximum atomic E-state index is 5.27. The maximum Gasteiger partial charge on any atom is 0.128 e. The average molecular weight is 297 g/mol. The third-order valence-electron chi connectivity index (χ3n) is 4.20. The van der Waals surface area contributed by atoms with Gasteiger partial charge in [0, 0.05) is 31.9 Å². The SMILES string of the molecule is COc1cccc(CNC2CCN(c3ccccn3)CC2)c1. The molecule has 1 aliphatic rings. The molecule has 0 unspecified atom stereocenters. The van der Waals surface area contributed by atoms with Crippen LogP contribution in [-0.2, 0) is 6.54 Å². The molecule has 0 saturated carbocycles. The predicted molar refractivity (Wildman–Crippen MR) is 89.3 cm³/mol. The number of hydrogen-bond acceptors (Lipinski definition) is 4. The molecule has 3 rings (SSSR count). The summed E-state index contributed by atoms with van der Waals surface area (Å²) in [6.07, 6.45) is 4.17. The lowest BCUT2D eigenvalue weighted by molar-refractivity contribution is 0.406. The quantitative estimate of drug-likeness (QED) is 0.921. The molecule has 0 spiro atoms. The summed E-state index contributed by atoms with van der Waals surface area (Å²) in [5.41, 5.74) is 1.27. The topological polar surface area (TPSA) is 37.4 Å². The molecule has 4 nitrogen and oxygen atoms in total. The average Bonchev–Trinajstić information content (AvgIpc) is 2.61. The highest BCUT2D eigenvalue weighted by Crippen LogP contribution is 2.18. The Kier molecular flexibility index (Phi) is 4.91. The highest BCUT2D eigenvalue weighted by molar-refractivity contribution is 5.38. The molecule has 1 fully saturated rings. The van der Waals surface area contributed by atoms with Crippen LogP contribution in [0, 0.1) is 0 Å². The van der Waals surface area contributed by atoms with Crippen molar-refractivity contribution in [1.29, 1.82) is 0 Å². The van der Waals surface area contributed by atoms with Crippen LogP contribution in [0.3, 0.4) is 0 Å². The molecule has 0 amide bonds. The summed E-state index contributed by atoms with van der Waals surface area (Å²) in [5.74, 6) is 2.01. The second-order valence-electron chi connectivity index (χ2n) is 5.68. The fourth-order valence-corrected chi connectivity index (χ4v) is 2.90. The van der Waals surface area contributed by atoms with E-state index in [1.165, 1.54) is 5.56 Å². The van der Waals surface area contributed by atoms with Crippen LogP contribution in [0.2, 0.25) is 0 Å². The summed E-state index contributed by atoms with van der Waals surface area (Å²) >= 11 is 0. The molecule has 0 aliphatic carbocycles. The summed E-state index contributed by atoms with van der Waals surface area (Å²) in [7, 11) is 1.71. The van der Waals surface area contributed by atoms with E-state index in [-0.39, 0.29) is 0 Å². The van der Waals surface area contributed by atoms with Gasteiger partial charge in [-0.25, -0.2) is 4.98 Å². The zero-order chi connectivity index (χ0) is 15.2. The lowest BCUT2D eigenvalue weighted by atomic mass is 10.0. The van der Waals surface area contributed by atoms with Crippen molar-refractivity contribution < 1.29 is 4.74 Å². The molecular weight excluding hydrogens is 274 g/mol. The lowest BCUT2D eigenvalue weighted by Crippen LogP contribution is -2.42. The fraction of sp³-hybridized carbons (Fsp3) is 0.389. The Balaban J connectivity index is 1.48. The molecule has 2 heterocycles. The van der Waals surface area contributed by atoms with Crippen molar-refractivity contribution in [3.8, 4) is 5.75 Å². The van der Waals surface area contributed by atoms with Crippen molar-refractivity contribution in [1.82, 2.24) is 10.3 Å². The van der Waals surface area contributed by atoms with Crippen LogP contribution in [0.15, 0.2) is 48.7 Å². The van der Waals surface area contributed by atoms with Gasteiger partial charge in [0.25, 0.3) is 0 Å². The summed E-state index contributed by atoms with van der Waals surface area (Å²) in [4.78, 5) is 6.80. The van der Waals surface area contributed by atoms with Gasteiger partial charge in [0.2, 0.25) is 0 Å². The number of pyridine rings is 1. The standard InChI is InChI=1S/C18H23N3O/c1-22-17-6-4-5-15(13-17)14-20-16-8-11-21(12-9-16)18-7-2-3-10-19-18/h2-7,10,13,16,20H,8-9,11-12,14H2,1H3. The van der Waals surface area contributed by atoms with Crippen molar-refractivity contribution in [2.45, 2.75) is 25.4 Å². The number of nitrogens with one attached hydrogen (secondary N) is 1. The van der Waals surface area contributed by atoms with Gasteiger partial charge in [0.1, 0.15) is 11.6 Å². The maximum absolute atomic E-state index is 5.27. The van der Waals surface area contributed by atoms with E-state index in [0.29, 0.717) is 6.04 Å². The predicted octanol–water partition coefficient (Wildman–Crippen LogP) is 2.85. The molecule has 0 bridgehead atoms. The Bertz CT molecular complexity index is 580. The second kappa shape index (κ2) is 7.27. The zero-order valence-corrected chi connectivity index (χ0v) is 13.0. The number of rotatable bonds is 5. The van der Waals surface area contributed by atoms with E-state index in [0.717, 1.165) is 44.0 Å². The van der Waals surface area contributed by atoms with Crippen LogP contribution in [-0.4, -0.2) is 31.2 Å². The molecule has 2 aromatic rings. The molecule has 4 heteroatoms. The van der Waals surface area contributed by atoms with Crippen molar-refractivity contribution in [2.24, 2.45) is 0 Å². The number of anilines is 1. The largest absolute Gasteiger partial charge is 0.497 e. The van der Waals surface area contributed by atoms with E-state index in [2.05, 4.69) is 39.5 Å². The smallest absolute Gasteiger partial charge is 0.128 e. The van der Waals surface area contributed by atoms with Crippen LogP contribution < -0.4 is 15.0 Å². The van der Waals surface area contributed by atoms with Gasteiger partial charge >= 0.3 is 0 Å². The fourth-order valence-electron chi connectivity index (χ4n) is 2.90. The second-order valence-corrected chi connectivity index (χ2v) is 5.68. The van der Waals surface area contributed by atoms with Crippen LogP contribution in [0.4, 0.5) is 5.82 Å². The summed E-state index contributed by atoms with van der Waals surface area (Å²) in [6.45, 7) is 3.02. The van der Waals surface area contributed by atoms with Crippen LogP contribution in [0.1, 0.15) is 18.4 Å². The Morgan fingerprint density at radius 3 is 2.77 bits per heavy atom. The number of benzene rings is 1. The molecule has 1 aromatic carbocycles. The van der Waals surface area contributed by atoms with E-state index in [4.69, 9.17) is 4.74 Å². The molecule has 1 aromatic heterocycles. The van der Waals surface area contributed by atoms with Gasteiger partial charge in [0.05, 0.1) is 7.11 Å². The number of nitrogens with zero attached hydrogens (tertiary/aromatic N) is 2. The van der Waals surface area contributed by atoms with Crippen molar-refractivity contribution in [3.05, 3.63) is 54.2 Å². The molecule has 0 radical (unpaired) electrons. The van der Waals surface area contributed by atoms with E-state index in [1.54, 1.807) is 7.11 Å². The first-order valence-corrected chi connectivity index (χ1v) is 7.87. The Hall–Kier alpha value is -2.07. The van der Waals surface area contributed by atoms with Crippen LogP contribution >= 0.6 is 0 Å². The minimum absolute atomic E-state index is 0.575. The van der Waals surface area contributed by atoms with Gasteiger partial charge in [0.15, 0.2) is 0 Å². The number of piperidine rings is 1. The minimum atomic E-state index is 0.575. The third kappa shape index (κ3) is 3.77. The highest BCUT2D eigenvalue weighted by Gasteiger charge is 2.19. The van der Waals surface area contributed by atoms with E-state index in [1.807, 2.05) is 24.4 Å². The highest BCUT2D eigenvalue weighted by atomic mass is 16.5. The van der Waals surface area contributed by atoms with Gasteiger partial charge in [-0.15, -0.1) is 0 Å². The molecule has 1 N–H and O–H groups in total. The van der Waals surface area contributed by atoms with Crippen molar-refractivity contribution in [2.75, 3.05) is 25.1 Å². The van der Waals surface area contributed by atoms with Crippen molar-refractivity contribution in [3.63, 3.8) is 0 Å². The van der Waals surface area contributed by atoms with Crippen molar-refractivity contribution >= 4 is 5.82 Å². The molecule has 116 valence electrons. The van der Waals surface area contributed by atoms with E-state index < -0.39 is 0 Å². The Morgan fingerprint density at radius 1 is 1.18 bits per heavy atom. The van der Waals surface area contributed by atoms with Gasteiger partial charge in [-0.05, 0) is 42.7 Å². The summed E-state index contributed by atoms with van der Waals surface area (Å²) < 4.78 is 5.27. The Morgan fingerprint density at radius 2 is 2.05 bits per heavy atom. The third-order valence-corrected chi connectivity index (χ3v) is 4.20. The normalized spacial score (nSPS) is 15.8. The molecule has 1 aliphatic heterocycles. The van der Waals surface area contributed by atoms with E-state index >= 15 is 0 Å². The van der Waals surface area contributed by atoms with Crippen LogP contribution in [0.5, 0.6) is 5.75 Å². The molecule has 1 saturated heterocycles. The molecule has 22 heavy (non-hydrogen) atoms. The van der Waals surface area contributed by atoms with Gasteiger partial charge in [-0.1, -0.05) is 18.2 Å². The monoisotopic (exact) mass is 297 g/mol. The molecule has 0 atom stereocenters. The summed E-state index contributed by atoms with van der Waals surface area (Å²) in [5, 5.41) is 3.66. The first-order valence-electron chi connectivity index (χ1n) is 7.87. The first kappa shape index (κ1) is 14.9. The van der Waals surface area contributed by atoms with Crippen LogP contribution in [0.25, 0.3) is 0 Å². The zero-order valence-electron chi connectivity index (χ0n) is 13.0. The van der Waals surface area contributed by atoms with Gasteiger partial charge < -0.3 is 15.0 Å². The first-order chi connectivity index (χ1) is 10.8.